The van der Waals surface area contributed by atoms with Crippen LogP contribution in [0.25, 0.3) is 66.1 Å². The van der Waals surface area contributed by atoms with Crippen LogP contribution in [0.1, 0.15) is 0 Å². The smallest absolute Gasteiger partial charge is 0.143 e. The molecular formula is C46H31NO. The number of benzene rings is 8. The van der Waals surface area contributed by atoms with Crippen LogP contribution in [-0.2, 0) is 0 Å². The average Bonchev–Trinajstić information content (AvgIpc) is 3.55. The van der Waals surface area contributed by atoms with Gasteiger partial charge in [-0.3, -0.25) is 0 Å². The van der Waals surface area contributed by atoms with Crippen LogP contribution in [0.2, 0.25) is 0 Å². The number of hydrogen-bond donors (Lipinski definition) is 0. The topological polar surface area (TPSA) is 16.4 Å². The quantitative estimate of drug-likeness (QED) is 0.185. The van der Waals surface area contributed by atoms with Crippen molar-refractivity contribution in [1.82, 2.24) is 0 Å². The van der Waals surface area contributed by atoms with Gasteiger partial charge >= 0.3 is 0 Å². The summed E-state index contributed by atoms with van der Waals surface area (Å²) in [5, 5.41) is 4.67. The molecule has 2 heteroatoms. The molecule has 9 rings (SSSR count). The molecule has 0 aliphatic rings. The molecule has 1 aromatic heterocycles. The molecule has 0 aliphatic heterocycles. The van der Waals surface area contributed by atoms with E-state index in [4.69, 9.17) is 4.42 Å². The minimum atomic E-state index is 0.900. The van der Waals surface area contributed by atoms with Crippen molar-refractivity contribution in [2.45, 2.75) is 0 Å². The van der Waals surface area contributed by atoms with Gasteiger partial charge in [-0.25, -0.2) is 0 Å². The normalized spacial score (nSPS) is 11.3. The Morgan fingerprint density at radius 2 is 0.833 bits per heavy atom. The molecule has 0 N–H and O–H groups in total. The maximum Gasteiger partial charge on any atom is 0.143 e. The number of hydrogen-bond acceptors (Lipinski definition) is 2. The van der Waals surface area contributed by atoms with Gasteiger partial charge in [-0.2, -0.15) is 0 Å². The number of nitrogens with zero attached hydrogens (tertiary/aromatic N) is 1. The van der Waals surface area contributed by atoms with E-state index in [-0.39, 0.29) is 0 Å². The van der Waals surface area contributed by atoms with Crippen molar-refractivity contribution in [3.8, 4) is 33.4 Å². The minimum absolute atomic E-state index is 0.900. The second-order valence-electron chi connectivity index (χ2n) is 12.2. The molecule has 0 aliphatic carbocycles. The Hall–Kier alpha value is -6.38. The fraction of sp³-hybridized carbons (Fsp3) is 0. The van der Waals surface area contributed by atoms with Gasteiger partial charge in [-0.1, -0.05) is 152 Å². The number of anilines is 3. The van der Waals surface area contributed by atoms with Gasteiger partial charge in [0.05, 0.1) is 0 Å². The first-order valence-electron chi connectivity index (χ1n) is 16.3. The summed E-state index contributed by atoms with van der Waals surface area (Å²) in [6.07, 6.45) is 0. The molecule has 0 amide bonds. The summed E-state index contributed by atoms with van der Waals surface area (Å²) in [7, 11) is 0. The first-order valence-corrected chi connectivity index (χ1v) is 16.3. The molecule has 9 aromatic rings. The molecule has 226 valence electrons. The first kappa shape index (κ1) is 27.9. The third-order valence-electron chi connectivity index (χ3n) is 9.25. The summed E-state index contributed by atoms with van der Waals surface area (Å²) in [5.74, 6) is 0. The summed E-state index contributed by atoms with van der Waals surface area (Å²) in [6, 6.07) is 66.8. The lowest BCUT2D eigenvalue weighted by Gasteiger charge is -2.26. The third-order valence-corrected chi connectivity index (χ3v) is 9.25. The van der Waals surface area contributed by atoms with E-state index in [9.17, 15) is 0 Å². The van der Waals surface area contributed by atoms with Crippen LogP contribution in [0.5, 0.6) is 0 Å². The van der Waals surface area contributed by atoms with Crippen molar-refractivity contribution < 1.29 is 4.42 Å². The van der Waals surface area contributed by atoms with E-state index < -0.39 is 0 Å². The predicted molar refractivity (Wildman–Crippen MR) is 202 cm³/mol. The Kier molecular flexibility index (Phi) is 6.84. The highest BCUT2D eigenvalue weighted by atomic mass is 16.3. The summed E-state index contributed by atoms with van der Waals surface area (Å²) in [6.45, 7) is 0. The lowest BCUT2D eigenvalue weighted by atomic mass is 9.99. The maximum atomic E-state index is 6.78. The third kappa shape index (κ3) is 4.92. The lowest BCUT2D eigenvalue weighted by molar-refractivity contribution is 0.671. The number of rotatable bonds is 6. The van der Waals surface area contributed by atoms with Gasteiger partial charge in [0.15, 0.2) is 0 Å². The minimum Gasteiger partial charge on any atom is -0.455 e. The Balaban J connectivity index is 1.19. The molecule has 48 heavy (non-hydrogen) atoms. The summed E-state index contributed by atoms with van der Waals surface area (Å²) < 4.78 is 6.78. The highest BCUT2D eigenvalue weighted by Gasteiger charge is 2.18. The van der Waals surface area contributed by atoms with Crippen LogP contribution in [-0.4, -0.2) is 0 Å². The Morgan fingerprint density at radius 1 is 0.312 bits per heavy atom. The van der Waals surface area contributed by atoms with E-state index in [2.05, 4.69) is 187 Å². The molecule has 0 saturated heterocycles. The highest BCUT2D eigenvalue weighted by Crippen LogP contribution is 2.42. The maximum absolute atomic E-state index is 6.78. The lowest BCUT2D eigenvalue weighted by Crippen LogP contribution is -2.10. The molecule has 0 radical (unpaired) electrons. The van der Waals surface area contributed by atoms with Crippen LogP contribution in [0.4, 0.5) is 17.1 Å². The summed E-state index contributed by atoms with van der Waals surface area (Å²) in [4.78, 5) is 2.34. The fourth-order valence-corrected chi connectivity index (χ4v) is 6.90. The standard InChI is InChI=1S/C46H31NO/c1-3-12-32(13-4-1)34-24-27-38(28-25-34)47(40-29-26-33-14-7-8-17-36(33)30-40)39-19-9-18-37(31-39)42-21-11-23-44-43-22-10-20-41(45(43)48-46(42)44)35-15-5-2-6-16-35/h1-31H. The number of fused-ring (bicyclic) bond motifs is 4. The van der Waals surface area contributed by atoms with E-state index >= 15 is 0 Å². The van der Waals surface area contributed by atoms with E-state index in [1.165, 1.54) is 21.9 Å². The van der Waals surface area contributed by atoms with Gasteiger partial charge in [0.2, 0.25) is 0 Å². The van der Waals surface area contributed by atoms with Gasteiger partial charge in [-0.15, -0.1) is 0 Å². The van der Waals surface area contributed by atoms with E-state index in [0.717, 1.165) is 61.3 Å². The second kappa shape index (κ2) is 11.8. The molecular weight excluding hydrogens is 583 g/mol. The number of para-hydroxylation sites is 2. The zero-order valence-corrected chi connectivity index (χ0v) is 26.3. The molecule has 8 aromatic carbocycles. The number of furan rings is 1. The average molecular weight is 614 g/mol. The van der Waals surface area contributed by atoms with Crippen LogP contribution < -0.4 is 4.90 Å². The predicted octanol–water partition coefficient (Wildman–Crippen LogP) is 13.2. The van der Waals surface area contributed by atoms with Gasteiger partial charge < -0.3 is 9.32 Å². The monoisotopic (exact) mass is 613 g/mol. The van der Waals surface area contributed by atoms with Crippen molar-refractivity contribution in [2.75, 3.05) is 4.90 Å². The summed E-state index contributed by atoms with van der Waals surface area (Å²) in [5.41, 5.74) is 11.9. The van der Waals surface area contributed by atoms with Crippen molar-refractivity contribution in [3.63, 3.8) is 0 Å². The highest BCUT2D eigenvalue weighted by molar-refractivity contribution is 6.13. The molecule has 0 spiro atoms. The van der Waals surface area contributed by atoms with Crippen LogP contribution in [0.15, 0.2) is 192 Å². The van der Waals surface area contributed by atoms with Crippen molar-refractivity contribution >= 4 is 49.8 Å². The van der Waals surface area contributed by atoms with E-state index in [1.54, 1.807) is 0 Å². The molecule has 2 nitrogen and oxygen atoms in total. The van der Waals surface area contributed by atoms with Crippen LogP contribution >= 0.6 is 0 Å². The zero-order valence-electron chi connectivity index (χ0n) is 26.3. The van der Waals surface area contributed by atoms with E-state index in [0.29, 0.717) is 0 Å². The van der Waals surface area contributed by atoms with Gasteiger partial charge in [0, 0.05) is 39.0 Å². The van der Waals surface area contributed by atoms with Crippen LogP contribution in [0.3, 0.4) is 0 Å². The van der Waals surface area contributed by atoms with Gasteiger partial charge in [0.25, 0.3) is 0 Å². The van der Waals surface area contributed by atoms with Gasteiger partial charge in [-0.05, 0) is 69.4 Å². The molecule has 1 heterocycles. The Bertz CT molecular complexity index is 2550. The van der Waals surface area contributed by atoms with Crippen molar-refractivity contribution in [1.29, 1.82) is 0 Å². The van der Waals surface area contributed by atoms with Crippen molar-refractivity contribution in [3.05, 3.63) is 188 Å². The Morgan fingerprint density at radius 3 is 1.54 bits per heavy atom. The fourth-order valence-electron chi connectivity index (χ4n) is 6.90. The second-order valence-corrected chi connectivity index (χ2v) is 12.2. The molecule has 0 atom stereocenters. The largest absolute Gasteiger partial charge is 0.455 e. The van der Waals surface area contributed by atoms with Crippen molar-refractivity contribution in [2.24, 2.45) is 0 Å². The molecule has 0 saturated carbocycles. The molecule has 0 bridgehead atoms. The SMILES string of the molecule is c1ccc(-c2ccc(N(c3cccc(-c4cccc5c4oc4c(-c6ccccc6)cccc45)c3)c3ccc4ccccc4c3)cc2)cc1. The first-order chi connectivity index (χ1) is 23.8. The van der Waals surface area contributed by atoms with E-state index in [1.807, 2.05) is 6.07 Å². The zero-order chi connectivity index (χ0) is 31.9. The Labute approximate surface area is 279 Å². The van der Waals surface area contributed by atoms with Crippen LogP contribution in [0, 0.1) is 0 Å². The summed E-state index contributed by atoms with van der Waals surface area (Å²) >= 11 is 0. The molecule has 0 fully saturated rings. The van der Waals surface area contributed by atoms with Gasteiger partial charge in [0.1, 0.15) is 11.2 Å². The molecule has 0 unspecified atom stereocenters.